The van der Waals surface area contributed by atoms with Crippen molar-refractivity contribution < 1.29 is 46.5 Å². The normalized spacial score (nSPS) is 20.4. The minimum absolute atomic E-state index is 0.100. The monoisotopic (exact) mass is 728 g/mol. The molecule has 2 aliphatic heterocycles. The van der Waals surface area contributed by atoms with Crippen LogP contribution in [0.3, 0.4) is 0 Å². The van der Waals surface area contributed by atoms with Gasteiger partial charge >= 0.3 is 6.03 Å². The van der Waals surface area contributed by atoms with Crippen molar-refractivity contribution in [3.05, 3.63) is 72.0 Å². The first-order chi connectivity index (χ1) is 24.3. The first-order valence-electron chi connectivity index (χ1n) is 16.9. The van der Waals surface area contributed by atoms with Gasteiger partial charge in [-0.25, -0.2) is 17.6 Å². The number of carbonyl (C=O) groups is 2. The zero-order valence-electron chi connectivity index (χ0n) is 29.1. The van der Waals surface area contributed by atoms with E-state index in [4.69, 9.17) is 18.9 Å². The van der Waals surface area contributed by atoms with Crippen LogP contribution in [0.2, 0.25) is 0 Å². The van der Waals surface area contributed by atoms with Gasteiger partial charge in [0, 0.05) is 50.1 Å². The van der Waals surface area contributed by atoms with E-state index in [0.29, 0.717) is 30.2 Å². The molecule has 51 heavy (non-hydrogen) atoms. The molecule has 0 spiro atoms. The maximum absolute atomic E-state index is 14.4. The summed E-state index contributed by atoms with van der Waals surface area (Å²) in [4.78, 5) is 30.5. The number of aliphatic hydroxyl groups is 1. The van der Waals surface area contributed by atoms with E-state index >= 15 is 0 Å². The fraction of sp³-hybridized carbons (Fsp3) is 0.444. The molecule has 0 bridgehead atoms. The number of fused-ring (bicyclic) bond motifs is 2. The molecule has 15 heteroatoms. The molecule has 0 aromatic heterocycles. The maximum atomic E-state index is 14.4. The number of sulfonamides is 1. The van der Waals surface area contributed by atoms with Gasteiger partial charge in [0.05, 0.1) is 35.3 Å². The summed E-state index contributed by atoms with van der Waals surface area (Å²) >= 11 is 0. The van der Waals surface area contributed by atoms with E-state index in [2.05, 4.69) is 10.0 Å². The number of aliphatic hydroxyl groups excluding tert-OH is 1. The van der Waals surface area contributed by atoms with Crippen molar-refractivity contribution in [2.75, 3.05) is 50.2 Å². The Bertz CT molecular complexity index is 1790. The fourth-order valence-electron chi connectivity index (χ4n) is 5.82. The minimum atomic E-state index is -4.11. The lowest BCUT2D eigenvalue weighted by atomic mass is 10.0. The smallest absolute Gasteiger partial charge is 0.321 e. The molecule has 0 aliphatic carbocycles. The van der Waals surface area contributed by atoms with E-state index < -0.39 is 33.9 Å². The Morgan fingerprint density at radius 2 is 1.73 bits per heavy atom. The molecule has 3 aromatic rings. The summed E-state index contributed by atoms with van der Waals surface area (Å²) in [6.07, 6.45) is 1.39. The van der Waals surface area contributed by atoms with Gasteiger partial charge in [-0.2, -0.15) is 0 Å². The molecule has 2 aliphatic rings. The van der Waals surface area contributed by atoms with Crippen LogP contribution in [-0.4, -0.2) is 93.7 Å². The van der Waals surface area contributed by atoms with E-state index in [1.165, 1.54) is 21.9 Å². The topological polar surface area (TPSA) is 156 Å². The van der Waals surface area contributed by atoms with Crippen molar-refractivity contribution in [1.29, 1.82) is 0 Å². The van der Waals surface area contributed by atoms with Crippen LogP contribution in [0.15, 0.2) is 65.6 Å². The fourth-order valence-corrected chi connectivity index (χ4v) is 6.87. The molecule has 3 N–H and O–H groups in total. The number of amides is 3. The number of benzene rings is 3. The number of halogens is 1. The number of hydrogen-bond donors (Lipinski definition) is 3. The molecule has 13 nitrogen and oxygen atoms in total. The predicted molar refractivity (Wildman–Crippen MR) is 188 cm³/mol. The number of nitrogens with one attached hydrogen (secondary N) is 2. The lowest BCUT2D eigenvalue weighted by Gasteiger charge is -2.35. The van der Waals surface area contributed by atoms with E-state index in [1.54, 1.807) is 38.2 Å². The van der Waals surface area contributed by atoms with Gasteiger partial charge in [-0.3, -0.25) is 9.52 Å². The third kappa shape index (κ3) is 9.60. The van der Waals surface area contributed by atoms with Gasteiger partial charge in [0.15, 0.2) is 11.5 Å². The van der Waals surface area contributed by atoms with Gasteiger partial charge in [-0.1, -0.05) is 6.92 Å². The van der Waals surface area contributed by atoms with Gasteiger partial charge in [-0.05, 0) is 87.7 Å². The van der Waals surface area contributed by atoms with Crippen molar-refractivity contribution in [3.63, 3.8) is 0 Å². The Kier molecular flexibility index (Phi) is 12.3. The quantitative estimate of drug-likeness (QED) is 0.280. The first-order valence-corrected chi connectivity index (χ1v) is 18.4. The maximum Gasteiger partial charge on any atom is 0.321 e. The predicted octanol–water partition coefficient (Wildman–Crippen LogP) is 5.31. The largest absolute Gasteiger partial charge is 0.490 e. The van der Waals surface area contributed by atoms with Crippen molar-refractivity contribution in [2.45, 2.75) is 63.2 Å². The minimum Gasteiger partial charge on any atom is -0.490 e. The Morgan fingerprint density at radius 3 is 2.47 bits per heavy atom. The molecule has 4 atom stereocenters. The standard InChI is InChI=1S/C36H45FN4O9S/c1-23-19-41(24(2)21-42)35(43)30-17-28(39-51(45,46)29-12-8-26(37)9-13-29)11-14-31(30)50-25(3)7-5-6-16-47-34(23)20-40(4)36(44)38-27-10-15-32-33(18-27)49-22-48-32/h8-15,17-18,23-25,34,39,42H,5-7,16,19-22H2,1-4H3,(H,38,44)/t23-,24+,25-,34+/m1/s1. The third-order valence-corrected chi connectivity index (χ3v) is 10.2. The number of ether oxygens (including phenoxy) is 4. The van der Waals surface area contributed by atoms with Crippen molar-refractivity contribution in [3.8, 4) is 17.2 Å². The van der Waals surface area contributed by atoms with Gasteiger partial charge in [-0.15, -0.1) is 0 Å². The van der Waals surface area contributed by atoms with Crippen LogP contribution >= 0.6 is 0 Å². The summed E-state index contributed by atoms with van der Waals surface area (Å²) in [6, 6.07) is 13.0. The summed E-state index contributed by atoms with van der Waals surface area (Å²) in [6.45, 7) is 6.06. The number of anilines is 2. The average Bonchev–Trinajstić information content (AvgIpc) is 3.57. The van der Waals surface area contributed by atoms with Crippen molar-refractivity contribution in [1.82, 2.24) is 9.80 Å². The van der Waals surface area contributed by atoms with Crippen LogP contribution in [0.5, 0.6) is 17.2 Å². The zero-order chi connectivity index (χ0) is 36.7. The van der Waals surface area contributed by atoms with Gasteiger partial charge in [0.25, 0.3) is 15.9 Å². The van der Waals surface area contributed by atoms with Crippen LogP contribution in [0.4, 0.5) is 20.6 Å². The van der Waals surface area contributed by atoms with Crippen LogP contribution in [0.25, 0.3) is 0 Å². The molecule has 0 saturated carbocycles. The Hall–Kier alpha value is -4.60. The molecule has 3 aromatic carbocycles. The van der Waals surface area contributed by atoms with Gasteiger partial charge < -0.3 is 39.2 Å². The van der Waals surface area contributed by atoms with Crippen molar-refractivity contribution in [2.24, 2.45) is 5.92 Å². The summed E-state index contributed by atoms with van der Waals surface area (Å²) < 4.78 is 65.5. The number of hydrogen-bond acceptors (Lipinski definition) is 9. The highest BCUT2D eigenvalue weighted by molar-refractivity contribution is 7.92. The molecule has 2 heterocycles. The van der Waals surface area contributed by atoms with E-state index in [0.717, 1.165) is 37.1 Å². The molecule has 0 unspecified atom stereocenters. The van der Waals surface area contributed by atoms with Gasteiger partial charge in [0.2, 0.25) is 6.79 Å². The van der Waals surface area contributed by atoms with Crippen LogP contribution in [-0.2, 0) is 14.8 Å². The third-order valence-electron chi connectivity index (χ3n) is 8.85. The molecule has 5 rings (SSSR count). The van der Waals surface area contributed by atoms with E-state index in [-0.39, 0.29) is 66.4 Å². The molecule has 3 amide bonds. The summed E-state index contributed by atoms with van der Waals surface area (Å²) in [5, 5.41) is 13.1. The molecule has 0 fully saturated rings. The van der Waals surface area contributed by atoms with Crippen LogP contribution in [0, 0.1) is 11.7 Å². The second-order valence-corrected chi connectivity index (χ2v) is 14.6. The zero-order valence-corrected chi connectivity index (χ0v) is 30.0. The highest BCUT2D eigenvalue weighted by Crippen LogP contribution is 2.34. The van der Waals surface area contributed by atoms with Crippen molar-refractivity contribution >= 4 is 33.3 Å². The lowest BCUT2D eigenvalue weighted by Crippen LogP contribution is -2.48. The number of likely N-dealkylation sites (N-methyl/N-ethyl adjacent to an activating group) is 1. The van der Waals surface area contributed by atoms with E-state index in [1.807, 2.05) is 13.8 Å². The Morgan fingerprint density at radius 1 is 1.02 bits per heavy atom. The second-order valence-electron chi connectivity index (χ2n) is 12.9. The van der Waals surface area contributed by atoms with Crippen LogP contribution in [0.1, 0.15) is 50.4 Å². The molecule has 0 radical (unpaired) electrons. The van der Waals surface area contributed by atoms with E-state index in [9.17, 15) is 27.5 Å². The number of carbonyl (C=O) groups excluding carboxylic acids is 2. The number of rotatable bonds is 8. The lowest BCUT2D eigenvalue weighted by molar-refractivity contribution is -0.0115. The molecule has 276 valence electrons. The molecular formula is C36H45FN4O9S. The first kappa shape index (κ1) is 37.7. The highest BCUT2D eigenvalue weighted by atomic mass is 32.2. The van der Waals surface area contributed by atoms with Gasteiger partial charge in [0.1, 0.15) is 11.6 Å². The SMILES string of the molecule is C[C@@H]1CCCCO[C@@H](CN(C)C(=O)Nc2ccc3c(c2)OCO3)[C@H](C)CN([C@@H](C)CO)C(=O)c2cc(NS(=O)(=O)c3ccc(F)cc3)ccc2O1. The second kappa shape index (κ2) is 16.6. The number of nitrogens with zero attached hydrogens (tertiary/aromatic N) is 2. The summed E-state index contributed by atoms with van der Waals surface area (Å²) in [5.74, 6) is 0.0387. The molecule has 0 saturated heterocycles. The highest BCUT2D eigenvalue weighted by Gasteiger charge is 2.31. The molecular weight excluding hydrogens is 683 g/mol. The average molecular weight is 729 g/mol. The Balaban J connectivity index is 1.39. The number of urea groups is 1. The summed E-state index contributed by atoms with van der Waals surface area (Å²) in [5.41, 5.74) is 0.743. The summed E-state index contributed by atoms with van der Waals surface area (Å²) in [7, 11) is -2.45. The van der Waals surface area contributed by atoms with Crippen LogP contribution < -0.4 is 24.2 Å². The Labute approximate surface area is 297 Å².